The van der Waals surface area contributed by atoms with Crippen LogP contribution >= 0.6 is 0 Å². The highest BCUT2D eigenvalue weighted by atomic mass is 16.5. The molecule has 3 unspecified atom stereocenters. The van der Waals surface area contributed by atoms with Gasteiger partial charge in [-0.25, -0.2) is 0 Å². The first-order valence-electron chi connectivity index (χ1n) is 4.65. The van der Waals surface area contributed by atoms with E-state index in [1.807, 2.05) is 0 Å². The maximum atomic E-state index is 5.76. The van der Waals surface area contributed by atoms with Crippen molar-refractivity contribution < 1.29 is 4.74 Å². The van der Waals surface area contributed by atoms with Gasteiger partial charge >= 0.3 is 0 Å². The van der Waals surface area contributed by atoms with Crippen LogP contribution in [0.3, 0.4) is 0 Å². The lowest BCUT2D eigenvalue weighted by Gasteiger charge is -2.33. The number of nitrogens with one attached hydrogen (secondary N) is 1. The van der Waals surface area contributed by atoms with Crippen LogP contribution in [0.1, 0.15) is 26.7 Å². The lowest BCUT2D eigenvalue weighted by molar-refractivity contribution is -0.0305. The topological polar surface area (TPSA) is 21.3 Å². The van der Waals surface area contributed by atoms with Crippen molar-refractivity contribution in [2.24, 2.45) is 5.92 Å². The lowest BCUT2D eigenvalue weighted by atomic mass is 9.98. The molecule has 2 aliphatic rings. The summed E-state index contributed by atoms with van der Waals surface area (Å²) < 4.78 is 5.76. The van der Waals surface area contributed by atoms with E-state index in [4.69, 9.17) is 4.74 Å². The summed E-state index contributed by atoms with van der Waals surface area (Å²) in [7, 11) is 0. The Labute approximate surface area is 68.3 Å². The van der Waals surface area contributed by atoms with Gasteiger partial charge in [0, 0.05) is 12.1 Å². The molecule has 3 atom stereocenters. The molecule has 2 aliphatic heterocycles. The fraction of sp³-hybridized carbons (Fsp3) is 1.00. The van der Waals surface area contributed by atoms with E-state index in [2.05, 4.69) is 19.2 Å². The zero-order chi connectivity index (χ0) is 7.84. The number of hydrogen-bond acceptors (Lipinski definition) is 2. The summed E-state index contributed by atoms with van der Waals surface area (Å²) in [4.78, 5) is 0. The molecule has 0 saturated carbocycles. The second kappa shape index (κ2) is 2.76. The molecule has 2 rings (SSSR count). The summed E-state index contributed by atoms with van der Waals surface area (Å²) in [6.45, 7) is 5.41. The second-order valence-corrected chi connectivity index (χ2v) is 4.09. The van der Waals surface area contributed by atoms with E-state index in [1.54, 1.807) is 0 Å². The van der Waals surface area contributed by atoms with Crippen LogP contribution in [0.5, 0.6) is 0 Å². The standard InChI is InChI=1S/C9H17NO/c1-6(2)9-8-4-3-7(10-8)5-11-9/h6-10H,3-5H2,1-2H3. The van der Waals surface area contributed by atoms with Gasteiger partial charge in [0.05, 0.1) is 12.7 Å². The summed E-state index contributed by atoms with van der Waals surface area (Å²) >= 11 is 0. The van der Waals surface area contributed by atoms with E-state index in [9.17, 15) is 0 Å². The Morgan fingerprint density at radius 3 is 2.91 bits per heavy atom. The number of ether oxygens (including phenoxy) is 1. The van der Waals surface area contributed by atoms with Crippen LogP contribution in [-0.2, 0) is 4.74 Å². The molecule has 1 N–H and O–H groups in total. The molecule has 2 saturated heterocycles. The fourth-order valence-corrected chi connectivity index (χ4v) is 2.24. The number of morpholine rings is 1. The SMILES string of the molecule is CC(C)C1OCC2CCC1N2. The highest BCUT2D eigenvalue weighted by Gasteiger charge is 2.37. The van der Waals surface area contributed by atoms with Crippen molar-refractivity contribution in [3.63, 3.8) is 0 Å². The molecule has 11 heavy (non-hydrogen) atoms. The van der Waals surface area contributed by atoms with E-state index < -0.39 is 0 Å². The molecule has 0 aromatic rings. The Hall–Kier alpha value is -0.0800. The van der Waals surface area contributed by atoms with Crippen LogP contribution < -0.4 is 5.32 Å². The molecule has 2 fully saturated rings. The highest BCUT2D eigenvalue weighted by Crippen LogP contribution is 2.26. The van der Waals surface area contributed by atoms with Crippen molar-refractivity contribution in [1.82, 2.24) is 5.32 Å². The molecule has 0 amide bonds. The third kappa shape index (κ3) is 1.30. The van der Waals surface area contributed by atoms with Crippen molar-refractivity contribution >= 4 is 0 Å². The lowest BCUT2D eigenvalue weighted by Crippen LogP contribution is -2.49. The van der Waals surface area contributed by atoms with Gasteiger partial charge in [0.25, 0.3) is 0 Å². The summed E-state index contributed by atoms with van der Waals surface area (Å²) in [5.74, 6) is 0.659. The first-order valence-corrected chi connectivity index (χ1v) is 4.65. The van der Waals surface area contributed by atoms with E-state index in [1.165, 1.54) is 12.8 Å². The fourth-order valence-electron chi connectivity index (χ4n) is 2.24. The van der Waals surface area contributed by atoms with E-state index in [0.717, 1.165) is 6.61 Å². The molecule has 2 bridgehead atoms. The van der Waals surface area contributed by atoms with Crippen LogP contribution in [0, 0.1) is 5.92 Å². The number of fused-ring (bicyclic) bond motifs is 2. The molecule has 2 nitrogen and oxygen atoms in total. The molecule has 0 radical (unpaired) electrons. The van der Waals surface area contributed by atoms with Crippen molar-refractivity contribution in [3.8, 4) is 0 Å². The average molecular weight is 155 g/mol. The molecule has 0 spiro atoms. The summed E-state index contributed by atoms with van der Waals surface area (Å²) in [6, 6.07) is 1.31. The number of hydrogen-bond donors (Lipinski definition) is 1. The average Bonchev–Trinajstić information content (AvgIpc) is 2.32. The second-order valence-electron chi connectivity index (χ2n) is 4.09. The van der Waals surface area contributed by atoms with Gasteiger partial charge in [0.2, 0.25) is 0 Å². The Balaban J connectivity index is 2.01. The monoisotopic (exact) mass is 155 g/mol. The van der Waals surface area contributed by atoms with Crippen LogP contribution in [-0.4, -0.2) is 24.8 Å². The van der Waals surface area contributed by atoms with Crippen LogP contribution in [0.4, 0.5) is 0 Å². The van der Waals surface area contributed by atoms with Gasteiger partial charge in [-0.05, 0) is 18.8 Å². The summed E-state index contributed by atoms with van der Waals surface area (Å²) in [5.41, 5.74) is 0. The third-order valence-corrected chi connectivity index (χ3v) is 2.82. The smallest absolute Gasteiger partial charge is 0.0751 e. The third-order valence-electron chi connectivity index (χ3n) is 2.82. The molecular formula is C9H17NO. The summed E-state index contributed by atoms with van der Waals surface area (Å²) in [5, 5.41) is 3.60. The molecular weight excluding hydrogens is 138 g/mol. The first-order chi connectivity index (χ1) is 5.27. The summed E-state index contributed by atoms with van der Waals surface area (Å²) in [6.07, 6.45) is 3.09. The largest absolute Gasteiger partial charge is 0.375 e. The van der Waals surface area contributed by atoms with Crippen LogP contribution in [0.25, 0.3) is 0 Å². The minimum Gasteiger partial charge on any atom is -0.375 e. The predicted molar refractivity (Wildman–Crippen MR) is 44.5 cm³/mol. The van der Waals surface area contributed by atoms with Crippen molar-refractivity contribution in [2.75, 3.05) is 6.61 Å². The van der Waals surface area contributed by atoms with Gasteiger partial charge in [-0.3, -0.25) is 0 Å². The normalized spacial score (nSPS) is 43.4. The molecule has 0 aromatic carbocycles. The minimum absolute atomic E-state index is 0.466. The Morgan fingerprint density at radius 1 is 1.36 bits per heavy atom. The Morgan fingerprint density at radius 2 is 2.18 bits per heavy atom. The highest BCUT2D eigenvalue weighted by molar-refractivity contribution is 4.93. The maximum Gasteiger partial charge on any atom is 0.0751 e. The Bertz CT molecular complexity index is 146. The van der Waals surface area contributed by atoms with Crippen LogP contribution in [0.15, 0.2) is 0 Å². The molecule has 2 heteroatoms. The van der Waals surface area contributed by atoms with Gasteiger partial charge in [0.1, 0.15) is 0 Å². The van der Waals surface area contributed by atoms with Gasteiger partial charge < -0.3 is 10.1 Å². The predicted octanol–water partition coefficient (Wildman–Crippen LogP) is 1.16. The molecule has 0 aromatic heterocycles. The van der Waals surface area contributed by atoms with Crippen molar-refractivity contribution in [3.05, 3.63) is 0 Å². The zero-order valence-electron chi connectivity index (χ0n) is 7.34. The van der Waals surface area contributed by atoms with E-state index >= 15 is 0 Å². The minimum atomic E-state index is 0.466. The number of rotatable bonds is 1. The van der Waals surface area contributed by atoms with E-state index in [0.29, 0.717) is 24.1 Å². The van der Waals surface area contributed by atoms with Crippen molar-refractivity contribution in [1.29, 1.82) is 0 Å². The quantitative estimate of drug-likeness (QED) is 0.613. The molecule has 64 valence electrons. The Kier molecular flexibility index (Phi) is 1.90. The van der Waals surface area contributed by atoms with Gasteiger partial charge in [-0.15, -0.1) is 0 Å². The molecule has 0 aliphatic carbocycles. The molecule has 2 heterocycles. The van der Waals surface area contributed by atoms with Crippen molar-refractivity contribution in [2.45, 2.75) is 44.9 Å². The van der Waals surface area contributed by atoms with Gasteiger partial charge in [0.15, 0.2) is 0 Å². The van der Waals surface area contributed by atoms with Gasteiger partial charge in [-0.2, -0.15) is 0 Å². The van der Waals surface area contributed by atoms with Gasteiger partial charge in [-0.1, -0.05) is 13.8 Å². The van der Waals surface area contributed by atoms with E-state index in [-0.39, 0.29) is 0 Å². The zero-order valence-corrected chi connectivity index (χ0v) is 7.34. The first kappa shape index (κ1) is 7.56. The maximum absolute atomic E-state index is 5.76. The van der Waals surface area contributed by atoms with Crippen LogP contribution in [0.2, 0.25) is 0 Å².